The van der Waals surface area contributed by atoms with E-state index in [9.17, 15) is 4.79 Å². The van der Waals surface area contributed by atoms with E-state index in [4.69, 9.17) is 9.84 Å². The highest BCUT2D eigenvalue weighted by Crippen LogP contribution is 2.23. The van der Waals surface area contributed by atoms with Gasteiger partial charge < -0.3 is 14.7 Å². The van der Waals surface area contributed by atoms with Crippen LogP contribution < -0.4 is 0 Å². The van der Waals surface area contributed by atoms with Crippen LogP contribution in [0.1, 0.15) is 45.7 Å². The van der Waals surface area contributed by atoms with Crippen LogP contribution in [0.5, 0.6) is 0 Å². The van der Waals surface area contributed by atoms with Crippen LogP contribution in [0.3, 0.4) is 0 Å². The van der Waals surface area contributed by atoms with Crippen molar-refractivity contribution in [3.8, 4) is 0 Å². The maximum absolute atomic E-state index is 12.0. The number of aliphatic hydroxyl groups is 1. The van der Waals surface area contributed by atoms with Crippen LogP contribution in [0, 0.1) is 0 Å². The zero-order valence-corrected chi connectivity index (χ0v) is 14.2. The fourth-order valence-corrected chi connectivity index (χ4v) is 2.10. The summed E-state index contributed by atoms with van der Waals surface area (Å²) in [6.07, 6.45) is 1.74. The first kappa shape index (κ1) is 18.2. The second kappa shape index (κ2) is 7.99. The van der Waals surface area contributed by atoms with Crippen molar-refractivity contribution in [2.24, 2.45) is 0 Å². The SMILES string of the molecule is CC.CC(C)(C)OC(=O)N1CC=C(c2cccc(CO)c2)C1. The largest absolute Gasteiger partial charge is 0.444 e. The first-order valence-corrected chi connectivity index (χ1v) is 7.76. The highest BCUT2D eigenvalue weighted by molar-refractivity contribution is 5.77. The van der Waals surface area contributed by atoms with Gasteiger partial charge in [0.25, 0.3) is 0 Å². The number of benzene rings is 1. The molecule has 1 aliphatic rings. The Bertz CT molecular complexity index is 529. The summed E-state index contributed by atoms with van der Waals surface area (Å²) in [4.78, 5) is 13.7. The van der Waals surface area contributed by atoms with Gasteiger partial charge in [0.15, 0.2) is 0 Å². The number of ether oxygens (including phenoxy) is 1. The summed E-state index contributed by atoms with van der Waals surface area (Å²) in [5.74, 6) is 0. The molecule has 4 heteroatoms. The van der Waals surface area contributed by atoms with Gasteiger partial charge in [-0.3, -0.25) is 0 Å². The number of carbonyl (C=O) groups is 1. The molecule has 0 saturated carbocycles. The Hall–Kier alpha value is -1.81. The van der Waals surface area contributed by atoms with Crippen LogP contribution in [-0.4, -0.2) is 34.8 Å². The quantitative estimate of drug-likeness (QED) is 0.903. The van der Waals surface area contributed by atoms with Gasteiger partial charge in [0, 0.05) is 13.1 Å². The minimum Gasteiger partial charge on any atom is -0.444 e. The normalized spacial score (nSPS) is 14.1. The molecule has 0 atom stereocenters. The molecular formula is C18H27NO3. The molecule has 0 bridgehead atoms. The number of rotatable bonds is 2. The standard InChI is InChI=1S/C16H21NO3.C2H6/c1-16(2,3)20-15(19)17-8-7-14(10-17)13-6-4-5-12(9-13)11-18;1-2/h4-7,9,18H,8,10-11H2,1-3H3;1-2H3. The molecule has 22 heavy (non-hydrogen) atoms. The first-order valence-electron chi connectivity index (χ1n) is 7.76. The van der Waals surface area contributed by atoms with Crippen molar-refractivity contribution in [3.63, 3.8) is 0 Å². The van der Waals surface area contributed by atoms with Crippen LogP contribution in [-0.2, 0) is 11.3 Å². The smallest absolute Gasteiger partial charge is 0.410 e. The number of hydrogen-bond donors (Lipinski definition) is 1. The average molecular weight is 305 g/mol. The van der Waals surface area contributed by atoms with Crippen LogP contribution in [0.2, 0.25) is 0 Å². The maximum Gasteiger partial charge on any atom is 0.410 e. The molecule has 1 aromatic rings. The molecule has 4 nitrogen and oxygen atoms in total. The minimum absolute atomic E-state index is 0.0247. The first-order chi connectivity index (χ1) is 10.4. The second-order valence-electron chi connectivity index (χ2n) is 5.95. The number of amides is 1. The Balaban J connectivity index is 0.00000116. The number of hydrogen-bond acceptors (Lipinski definition) is 3. The Kier molecular flexibility index (Phi) is 6.62. The fourth-order valence-electron chi connectivity index (χ4n) is 2.10. The van der Waals surface area contributed by atoms with Gasteiger partial charge in [0.05, 0.1) is 6.61 Å². The molecule has 1 heterocycles. The summed E-state index contributed by atoms with van der Waals surface area (Å²) in [6, 6.07) is 7.73. The van der Waals surface area contributed by atoms with Gasteiger partial charge in [-0.05, 0) is 43.5 Å². The lowest BCUT2D eigenvalue weighted by Gasteiger charge is -2.24. The highest BCUT2D eigenvalue weighted by Gasteiger charge is 2.25. The van der Waals surface area contributed by atoms with Gasteiger partial charge in [-0.25, -0.2) is 4.79 Å². The monoisotopic (exact) mass is 305 g/mol. The van der Waals surface area contributed by atoms with Crippen molar-refractivity contribution in [2.45, 2.75) is 46.8 Å². The van der Waals surface area contributed by atoms with E-state index >= 15 is 0 Å². The molecule has 1 N–H and O–H groups in total. The van der Waals surface area contributed by atoms with E-state index in [1.807, 2.05) is 65.0 Å². The van der Waals surface area contributed by atoms with Gasteiger partial charge in [0.1, 0.15) is 5.60 Å². The fraction of sp³-hybridized carbons (Fsp3) is 0.500. The summed E-state index contributed by atoms with van der Waals surface area (Å²) in [5, 5.41) is 9.17. The second-order valence-corrected chi connectivity index (χ2v) is 5.95. The van der Waals surface area contributed by atoms with Crippen molar-refractivity contribution in [1.82, 2.24) is 4.90 Å². The summed E-state index contributed by atoms with van der Waals surface area (Å²) in [5.41, 5.74) is 2.53. The van der Waals surface area contributed by atoms with Crippen molar-refractivity contribution in [1.29, 1.82) is 0 Å². The Labute approximate surface area is 133 Å². The molecule has 0 aliphatic carbocycles. The Morgan fingerprint density at radius 3 is 2.59 bits per heavy atom. The third-order valence-corrected chi connectivity index (χ3v) is 3.05. The van der Waals surface area contributed by atoms with Gasteiger partial charge in [0.2, 0.25) is 0 Å². The molecule has 0 aromatic heterocycles. The van der Waals surface area contributed by atoms with Gasteiger partial charge in [-0.2, -0.15) is 0 Å². The van der Waals surface area contributed by atoms with Gasteiger partial charge in [-0.1, -0.05) is 38.1 Å². The van der Waals surface area contributed by atoms with Crippen molar-refractivity contribution >= 4 is 11.7 Å². The van der Waals surface area contributed by atoms with E-state index in [1.165, 1.54) is 0 Å². The number of aliphatic hydroxyl groups excluding tert-OH is 1. The van der Waals surface area contributed by atoms with E-state index in [1.54, 1.807) is 4.90 Å². The van der Waals surface area contributed by atoms with E-state index in [2.05, 4.69) is 0 Å². The molecule has 0 saturated heterocycles. The number of carbonyl (C=O) groups excluding carboxylic acids is 1. The lowest BCUT2D eigenvalue weighted by Crippen LogP contribution is -2.35. The van der Waals surface area contributed by atoms with Crippen LogP contribution in [0.15, 0.2) is 30.3 Å². The van der Waals surface area contributed by atoms with E-state index in [-0.39, 0.29) is 12.7 Å². The van der Waals surface area contributed by atoms with Gasteiger partial charge >= 0.3 is 6.09 Å². The third kappa shape index (κ3) is 5.19. The third-order valence-electron chi connectivity index (χ3n) is 3.05. The zero-order chi connectivity index (χ0) is 16.8. The van der Waals surface area contributed by atoms with E-state index in [0.29, 0.717) is 13.1 Å². The Morgan fingerprint density at radius 1 is 1.32 bits per heavy atom. The molecule has 0 unspecified atom stereocenters. The summed E-state index contributed by atoms with van der Waals surface area (Å²) < 4.78 is 5.36. The summed E-state index contributed by atoms with van der Waals surface area (Å²) in [6.45, 7) is 10.7. The molecule has 1 aromatic carbocycles. The highest BCUT2D eigenvalue weighted by atomic mass is 16.6. The summed E-state index contributed by atoms with van der Waals surface area (Å²) in [7, 11) is 0. The van der Waals surface area contributed by atoms with Crippen molar-refractivity contribution in [3.05, 3.63) is 41.5 Å². The van der Waals surface area contributed by atoms with E-state index in [0.717, 1.165) is 16.7 Å². The molecule has 1 aliphatic heterocycles. The molecule has 122 valence electrons. The predicted octanol–water partition coefficient (Wildman–Crippen LogP) is 3.84. The zero-order valence-electron chi connectivity index (χ0n) is 14.2. The molecular weight excluding hydrogens is 278 g/mol. The molecule has 0 spiro atoms. The number of nitrogens with zero attached hydrogens (tertiary/aromatic N) is 1. The topological polar surface area (TPSA) is 49.8 Å². The van der Waals surface area contributed by atoms with Crippen LogP contribution in [0.25, 0.3) is 5.57 Å². The molecule has 0 fully saturated rings. The van der Waals surface area contributed by atoms with Gasteiger partial charge in [-0.15, -0.1) is 0 Å². The molecule has 1 amide bonds. The van der Waals surface area contributed by atoms with Crippen LogP contribution in [0.4, 0.5) is 4.79 Å². The van der Waals surface area contributed by atoms with E-state index < -0.39 is 5.60 Å². The lowest BCUT2D eigenvalue weighted by molar-refractivity contribution is 0.0306. The lowest BCUT2D eigenvalue weighted by atomic mass is 10.0. The average Bonchev–Trinajstić information content (AvgIpc) is 2.98. The van der Waals surface area contributed by atoms with Crippen LogP contribution >= 0.6 is 0 Å². The maximum atomic E-state index is 12.0. The molecule has 0 radical (unpaired) electrons. The molecule has 2 rings (SSSR count). The summed E-state index contributed by atoms with van der Waals surface area (Å²) >= 11 is 0. The van der Waals surface area contributed by atoms with Crippen molar-refractivity contribution < 1.29 is 14.6 Å². The Morgan fingerprint density at radius 2 is 2.00 bits per heavy atom. The van der Waals surface area contributed by atoms with Crippen molar-refractivity contribution in [2.75, 3.05) is 13.1 Å². The predicted molar refractivity (Wildman–Crippen MR) is 89.5 cm³/mol. The minimum atomic E-state index is -0.476.